The molecule has 0 aliphatic rings. The molecule has 108 valence electrons. The highest BCUT2D eigenvalue weighted by Crippen LogP contribution is 2.16. The van der Waals surface area contributed by atoms with Gasteiger partial charge in [-0.1, -0.05) is 18.2 Å². The second kappa shape index (κ2) is 7.47. The molecule has 0 amide bonds. The van der Waals surface area contributed by atoms with Crippen molar-refractivity contribution in [3.63, 3.8) is 0 Å². The molecule has 0 saturated heterocycles. The van der Waals surface area contributed by atoms with Gasteiger partial charge in [-0.15, -0.1) is 0 Å². The largest absolute Gasteiger partial charge is 0.378 e. The lowest BCUT2D eigenvalue weighted by atomic mass is 10.2. The molecule has 0 aliphatic heterocycles. The number of para-hydroxylation sites is 1. The number of anilines is 1. The van der Waals surface area contributed by atoms with Gasteiger partial charge in [0.05, 0.1) is 24.2 Å². The Balaban J connectivity index is 2.67. The van der Waals surface area contributed by atoms with Gasteiger partial charge in [-0.2, -0.15) is 0 Å². The van der Waals surface area contributed by atoms with Crippen LogP contribution in [0, 0.1) is 0 Å². The maximum absolute atomic E-state index is 11.9. The minimum absolute atomic E-state index is 0.0341. The molecule has 0 fully saturated rings. The molecule has 2 N–H and O–H groups in total. The first kappa shape index (κ1) is 15.9. The normalized spacial score (nSPS) is 11.8. The molecule has 0 bridgehead atoms. The van der Waals surface area contributed by atoms with Crippen LogP contribution in [-0.2, 0) is 21.3 Å². The summed E-state index contributed by atoms with van der Waals surface area (Å²) >= 11 is 0. The maximum atomic E-state index is 11.9. The second-order valence-electron chi connectivity index (χ2n) is 4.53. The van der Waals surface area contributed by atoms with Crippen molar-refractivity contribution in [3.05, 3.63) is 29.8 Å². The number of ether oxygens (including phenoxy) is 1. The zero-order chi connectivity index (χ0) is 14.3. The molecule has 0 atom stereocenters. The Bertz CT molecular complexity index is 486. The number of rotatable bonds is 8. The molecule has 0 aromatic heterocycles. The van der Waals surface area contributed by atoms with E-state index in [-0.39, 0.29) is 18.5 Å². The van der Waals surface area contributed by atoms with Crippen LogP contribution >= 0.6 is 0 Å². The van der Waals surface area contributed by atoms with E-state index >= 15 is 0 Å². The lowest BCUT2D eigenvalue weighted by Gasteiger charge is -2.13. The molecule has 19 heavy (non-hydrogen) atoms. The molecule has 0 saturated carbocycles. The van der Waals surface area contributed by atoms with Crippen molar-refractivity contribution in [1.29, 1.82) is 0 Å². The summed E-state index contributed by atoms with van der Waals surface area (Å²) in [5, 5.41) is 3.01. The van der Waals surface area contributed by atoms with Gasteiger partial charge < -0.3 is 10.1 Å². The van der Waals surface area contributed by atoms with Crippen LogP contribution < -0.4 is 10.0 Å². The predicted molar refractivity (Wildman–Crippen MR) is 77.7 cm³/mol. The molecule has 0 spiro atoms. The molecule has 1 rings (SSSR count). The minimum atomic E-state index is -3.37. The third-order valence-corrected chi connectivity index (χ3v) is 3.69. The number of hydrogen-bond donors (Lipinski definition) is 2. The van der Waals surface area contributed by atoms with Gasteiger partial charge in [0.15, 0.2) is 0 Å². The first-order chi connectivity index (χ1) is 8.94. The molecule has 0 radical (unpaired) electrons. The van der Waals surface area contributed by atoms with Crippen LogP contribution in [0.2, 0.25) is 0 Å². The number of hydrogen-bond acceptors (Lipinski definition) is 4. The fourth-order valence-corrected chi connectivity index (χ4v) is 2.53. The lowest BCUT2D eigenvalue weighted by Crippen LogP contribution is -2.22. The van der Waals surface area contributed by atoms with E-state index in [2.05, 4.69) is 10.0 Å². The molecule has 0 heterocycles. The molecule has 5 nitrogen and oxygen atoms in total. The minimum Gasteiger partial charge on any atom is -0.378 e. The van der Waals surface area contributed by atoms with E-state index in [0.29, 0.717) is 12.2 Å². The van der Waals surface area contributed by atoms with Gasteiger partial charge >= 0.3 is 0 Å². The monoisotopic (exact) mass is 286 g/mol. The summed E-state index contributed by atoms with van der Waals surface area (Å²) in [4.78, 5) is 0. The van der Waals surface area contributed by atoms with E-state index in [4.69, 9.17) is 4.74 Å². The van der Waals surface area contributed by atoms with E-state index in [0.717, 1.165) is 5.56 Å². The SMILES string of the molecule is CNCc1ccccc1NS(=O)(=O)CCOC(C)C. The molecule has 0 aliphatic carbocycles. The topological polar surface area (TPSA) is 67.4 Å². The van der Waals surface area contributed by atoms with Crippen LogP contribution in [0.5, 0.6) is 0 Å². The zero-order valence-electron chi connectivity index (χ0n) is 11.6. The van der Waals surface area contributed by atoms with Crippen LogP contribution in [-0.4, -0.2) is 33.9 Å². The van der Waals surface area contributed by atoms with E-state index < -0.39 is 10.0 Å². The Hall–Kier alpha value is -1.11. The molecular weight excluding hydrogens is 264 g/mol. The maximum Gasteiger partial charge on any atom is 0.235 e. The van der Waals surface area contributed by atoms with Crippen molar-refractivity contribution in [2.75, 3.05) is 24.1 Å². The second-order valence-corrected chi connectivity index (χ2v) is 6.37. The molecule has 1 aromatic rings. The predicted octanol–water partition coefficient (Wildman–Crippen LogP) is 1.57. The Kier molecular flexibility index (Phi) is 6.27. The summed E-state index contributed by atoms with van der Waals surface area (Å²) < 4.78 is 31.7. The standard InChI is InChI=1S/C13H22N2O3S/c1-11(2)18-8-9-19(16,17)15-13-7-5-4-6-12(13)10-14-3/h4-7,11,14-15H,8-10H2,1-3H3. The fourth-order valence-electron chi connectivity index (χ4n) is 1.58. The summed E-state index contributed by atoms with van der Waals surface area (Å²) in [7, 11) is -1.55. The molecular formula is C13H22N2O3S. The quantitative estimate of drug-likeness (QED) is 0.761. The number of benzene rings is 1. The smallest absolute Gasteiger partial charge is 0.235 e. The van der Waals surface area contributed by atoms with Crippen molar-refractivity contribution in [1.82, 2.24) is 5.32 Å². The van der Waals surface area contributed by atoms with E-state index in [1.165, 1.54) is 0 Å². The lowest BCUT2D eigenvalue weighted by molar-refractivity contribution is 0.0913. The van der Waals surface area contributed by atoms with E-state index in [1.54, 1.807) is 6.07 Å². The van der Waals surface area contributed by atoms with Crippen LogP contribution in [0.3, 0.4) is 0 Å². The average Bonchev–Trinajstić information content (AvgIpc) is 2.31. The van der Waals surface area contributed by atoms with Crippen molar-refractivity contribution in [2.24, 2.45) is 0 Å². The van der Waals surface area contributed by atoms with E-state index in [1.807, 2.05) is 39.1 Å². The van der Waals surface area contributed by atoms with Crippen LogP contribution in [0.25, 0.3) is 0 Å². The van der Waals surface area contributed by atoms with Crippen molar-refractivity contribution in [2.45, 2.75) is 26.5 Å². The third-order valence-electron chi connectivity index (χ3n) is 2.45. The highest BCUT2D eigenvalue weighted by Gasteiger charge is 2.12. The van der Waals surface area contributed by atoms with Crippen LogP contribution in [0.15, 0.2) is 24.3 Å². The zero-order valence-corrected chi connectivity index (χ0v) is 12.5. The summed E-state index contributed by atoms with van der Waals surface area (Å²) in [6.45, 7) is 4.56. The highest BCUT2D eigenvalue weighted by molar-refractivity contribution is 7.92. The van der Waals surface area contributed by atoms with Gasteiger partial charge in [0.25, 0.3) is 0 Å². The number of sulfonamides is 1. The van der Waals surface area contributed by atoms with Gasteiger partial charge in [-0.25, -0.2) is 8.42 Å². The highest BCUT2D eigenvalue weighted by atomic mass is 32.2. The van der Waals surface area contributed by atoms with Gasteiger partial charge in [0.1, 0.15) is 0 Å². The molecule has 1 aromatic carbocycles. The van der Waals surface area contributed by atoms with Crippen molar-refractivity contribution in [3.8, 4) is 0 Å². The summed E-state index contributed by atoms with van der Waals surface area (Å²) in [5.74, 6) is -0.0426. The first-order valence-corrected chi connectivity index (χ1v) is 7.94. The third kappa shape index (κ3) is 6.04. The van der Waals surface area contributed by atoms with Gasteiger partial charge in [0, 0.05) is 6.54 Å². The fraction of sp³-hybridized carbons (Fsp3) is 0.538. The Morgan fingerprint density at radius 3 is 2.58 bits per heavy atom. The Morgan fingerprint density at radius 2 is 1.95 bits per heavy atom. The van der Waals surface area contributed by atoms with Crippen molar-refractivity contribution >= 4 is 15.7 Å². The van der Waals surface area contributed by atoms with Crippen LogP contribution in [0.1, 0.15) is 19.4 Å². The van der Waals surface area contributed by atoms with Gasteiger partial charge in [0.2, 0.25) is 10.0 Å². The summed E-state index contributed by atoms with van der Waals surface area (Å²) in [6, 6.07) is 7.33. The van der Waals surface area contributed by atoms with E-state index in [9.17, 15) is 8.42 Å². The molecule has 0 unspecified atom stereocenters. The Labute approximate surface area is 115 Å². The summed E-state index contributed by atoms with van der Waals surface area (Å²) in [6.07, 6.45) is 0.0341. The van der Waals surface area contributed by atoms with Gasteiger partial charge in [-0.3, -0.25) is 4.72 Å². The first-order valence-electron chi connectivity index (χ1n) is 6.29. The summed E-state index contributed by atoms with van der Waals surface area (Å²) in [5.41, 5.74) is 1.53. The number of nitrogens with one attached hydrogen (secondary N) is 2. The van der Waals surface area contributed by atoms with Crippen LogP contribution in [0.4, 0.5) is 5.69 Å². The van der Waals surface area contributed by atoms with Gasteiger partial charge in [-0.05, 0) is 32.5 Å². The Morgan fingerprint density at radius 1 is 1.26 bits per heavy atom. The van der Waals surface area contributed by atoms with Crippen molar-refractivity contribution < 1.29 is 13.2 Å². The average molecular weight is 286 g/mol. The molecule has 6 heteroatoms.